The van der Waals surface area contributed by atoms with Gasteiger partial charge in [-0.2, -0.15) is 0 Å². The first-order valence-corrected chi connectivity index (χ1v) is 7.49. The maximum Gasteiger partial charge on any atom is 0.254 e. The van der Waals surface area contributed by atoms with Gasteiger partial charge in [0.25, 0.3) is 5.91 Å². The molecular formula is C16H21NO3. The summed E-state index contributed by atoms with van der Waals surface area (Å²) in [7, 11) is 0. The van der Waals surface area contributed by atoms with Gasteiger partial charge in [0.05, 0.1) is 0 Å². The highest BCUT2D eigenvalue weighted by Gasteiger charge is 2.36. The number of hydrogen-bond acceptors (Lipinski definition) is 3. The average Bonchev–Trinajstić information content (AvgIpc) is 2.45. The minimum atomic E-state index is -0.0643. The average molecular weight is 275 g/mol. The van der Waals surface area contributed by atoms with Crippen LogP contribution in [0.1, 0.15) is 48.9 Å². The third-order valence-electron chi connectivity index (χ3n) is 4.65. The Morgan fingerprint density at radius 1 is 1.00 bits per heavy atom. The molecule has 1 aliphatic carbocycles. The van der Waals surface area contributed by atoms with Crippen molar-refractivity contribution in [3.8, 4) is 11.5 Å². The van der Waals surface area contributed by atoms with Crippen molar-refractivity contribution in [2.45, 2.75) is 44.6 Å². The molecule has 20 heavy (non-hydrogen) atoms. The van der Waals surface area contributed by atoms with E-state index < -0.39 is 0 Å². The second-order valence-electron chi connectivity index (χ2n) is 5.99. The summed E-state index contributed by atoms with van der Waals surface area (Å²) in [6, 6.07) is 4.47. The van der Waals surface area contributed by atoms with Gasteiger partial charge in [0.1, 0.15) is 11.5 Å². The number of fused-ring (bicyclic) bond motifs is 1. The van der Waals surface area contributed by atoms with Gasteiger partial charge < -0.3 is 15.1 Å². The number of benzene rings is 1. The first kappa shape index (κ1) is 13.3. The molecule has 0 spiro atoms. The zero-order chi connectivity index (χ0) is 14.1. The smallest absolute Gasteiger partial charge is 0.254 e. The molecule has 0 bridgehead atoms. The number of nitrogens with zero attached hydrogens (tertiary/aromatic N) is 1. The largest absolute Gasteiger partial charge is 0.508 e. The van der Waals surface area contributed by atoms with Crippen LogP contribution in [0.4, 0.5) is 0 Å². The SMILES string of the molecule is O=C(c1cc(O)cc(O)c1)N1CCCC2CCCCC21. The van der Waals surface area contributed by atoms with Crippen LogP contribution in [0.3, 0.4) is 0 Å². The third-order valence-corrected chi connectivity index (χ3v) is 4.65. The number of aromatic hydroxyl groups is 2. The van der Waals surface area contributed by atoms with Crippen LogP contribution in [-0.2, 0) is 0 Å². The molecule has 2 fully saturated rings. The quantitative estimate of drug-likeness (QED) is 0.828. The highest BCUT2D eigenvalue weighted by Crippen LogP contribution is 2.36. The zero-order valence-electron chi connectivity index (χ0n) is 11.6. The molecule has 4 heteroatoms. The summed E-state index contributed by atoms with van der Waals surface area (Å²) >= 11 is 0. The van der Waals surface area contributed by atoms with E-state index in [0.717, 1.165) is 19.4 Å². The monoisotopic (exact) mass is 275 g/mol. The minimum Gasteiger partial charge on any atom is -0.508 e. The number of hydrogen-bond donors (Lipinski definition) is 2. The molecule has 2 atom stereocenters. The van der Waals surface area contributed by atoms with E-state index in [4.69, 9.17) is 0 Å². The summed E-state index contributed by atoms with van der Waals surface area (Å²) in [6.07, 6.45) is 7.05. The predicted octanol–water partition coefficient (Wildman–Crippen LogP) is 2.89. The Balaban J connectivity index is 1.84. The number of rotatable bonds is 1. The number of amides is 1. The van der Waals surface area contributed by atoms with Gasteiger partial charge in [0.15, 0.2) is 0 Å². The second kappa shape index (κ2) is 5.35. The lowest BCUT2D eigenvalue weighted by Gasteiger charge is -2.44. The molecule has 0 radical (unpaired) electrons. The van der Waals surface area contributed by atoms with E-state index in [9.17, 15) is 15.0 Å². The summed E-state index contributed by atoms with van der Waals surface area (Å²) in [4.78, 5) is 14.6. The maximum absolute atomic E-state index is 12.7. The van der Waals surface area contributed by atoms with E-state index in [0.29, 0.717) is 17.5 Å². The maximum atomic E-state index is 12.7. The van der Waals surface area contributed by atoms with Gasteiger partial charge in [-0.1, -0.05) is 12.8 Å². The van der Waals surface area contributed by atoms with E-state index in [1.54, 1.807) is 0 Å². The molecule has 1 saturated carbocycles. The van der Waals surface area contributed by atoms with E-state index in [-0.39, 0.29) is 17.4 Å². The van der Waals surface area contributed by atoms with E-state index >= 15 is 0 Å². The first-order chi connectivity index (χ1) is 9.65. The molecule has 1 amide bonds. The van der Waals surface area contributed by atoms with Crippen LogP contribution in [0.25, 0.3) is 0 Å². The summed E-state index contributed by atoms with van der Waals surface area (Å²) in [5.74, 6) is 0.441. The molecule has 2 unspecified atom stereocenters. The van der Waals surface area contributed by atoms with Crippen LogP contribution in [0.15, 0.2) is 18.2 Å². The summed E-state index contributed by atoms with van der Waals surface area (Å²) in [6.45, 7) is 0.788. The minimum absolute atomic E-state index is 0.0622. The molecule has 1 aromatic carbocycles. The van der Waals surface area contributed by atoms with Crippen LogP contribution >= 0.6 is 0 Å². The van der Waals surface area contributed by atoms with Crippen LogP contribution < -0.4 is 0 Å². The summed E-state index contributed by atoms with van der Waals surface area (Å²) < 4.78 is 0. The van der Waals surface area contributed by atoms with Gasteiger partial charge in [-0.05, 0) is 43.7 Å². The molecule has 1 heterocycles. The molecule has 1 saturated heterocycles. The van der Waals surface area contributed by atoms with Crippen molar-refractivity contribution in [1.82, 2.24) is 4.90 Å². The molecule has 2 N–H and O–H groups in total. The lowest BCUT2D eigenvalue weighted by atomic mass is 9.78. The fourth-order valence-corrected chi connectivity index (χ4v) is 3.76. The van der Waals surface area contributed by atoms with Gasteiger partial charge >= 0.3 is 0 Å². The molecule has 4 nitrogen and oxygen atoms in total. The number of carbonyl (C=O) groups is 1. The number of likely N-dealkylation sites (tertiary alicyclic amines) is 1. The topological polar surface area (TPSA) is 60.8 Å². The van der Waals surface area contributed by atoms with Gasteiger partial charge in [-0.3, -0.25) is 4.79 Å². The van der Waals surface area contributed by atoms with E-state index in [2.05, 4.69) is 0 Å². The van der Waals surface area contributed by atoms with Crippen LogP contribution in [0.2, 0.25) is 0 Å². The van der Waals surface area contributed by atoms with Gasteiger partial charge in [-0.15, -0.1) is 0 Å². The van der Waals surface area contributed by atoms with Crippen molar-refractivity contribution in [2.75, 3.05) is 6.54 Å². The Morgan fingerprint density at radius 3 is 2.40 bits per heavy atom. The van der Waals surface area contributed by atoms with Crippen LogP contribution in [-0.4, -0.2) is 33.6 Å². The van der Waals surface area contributed by atoms with Gasteiger partial charge in [-0.25, -0.2) is 0 Å². The Labute approximate surface area is 119 Å². The molecule has 108 valence electrons. The number of phenols is 2. The summed E-state index contributed by atoms with van der Waals surface area (Å²) in [5.41, 5.74) is 0.383. The van der Waals surface area contributed by atoms with Crippen molar-refractivity contribution in [3.05, 3.63) is 23.8 Å². The van der Waals surface area contributed by atoms with Gasteiger partial charge in [0, 0.05) is 24.2 Å². The number of phenolic OH excluding ortho intramolecular Hbond substituents is 2. The second-order valence-corrected chi connectivity index (χ2v) is 5.99. The fraction of sp³-hybridized carbons (Fsp3) is 0.562. The molecule has 3 rings (SSSR count). The van der Waals surface area contributed by atoms with Crippen molar-refractivity contribution in [3.63, 3.8) is 0 Å². The van der Waals surface area contributed by atoms with E-state index in [1.165, 1.54) is 43.9 Å². The van der Waals surface area contributed by atoms with Crippen LogP contribution in [0, 0.1) is 5.92 Å². The Bertz CT molecular complexity index is 492. The Morgan fingerprint density at radius 2 is 1.65 bits per heavy atom. The van der Waals surface area contributed by atoms with Gasteiger partial charge in [0.2, 0.25) is 0 Å². The first-order valence-electron chi connectivity index (χ1n) is 7.49. The molecule has 1 aromatic rings. The Kier molecular flexibility index (Phi) is 3.55. The number of piperidine rings is 1. The van der Waals surface area contributed by atoms with Crippen molar-refractivity contribution < 1.29 is 15.0 Å². The normalized spacial score (nSPS) is 26.1. The van der Waals surface area contributed by atoms with Crippen molar-refractivity contribution in [1.29, 1.82) is 0 Å². The third kappa shape index (κ3) is 2.47. The fourth-order valence-electron chi connectivity index (χ4n) is 3.76. The molecule has 2 aliphatic rings. The predicted molar refractivity (Wildman–Crippen MR) is 75.8 cm³/mol. The lowest BCUT2D eigenvalue weighted by molar-refractivity contribution is 0.0390. The molecular weight excluding hydrogens is 254 g/mol. The van der Waals surface area contributed by atoms with Crippen LogP contribution in [0.5, 0.6) is 11.5 Å². The van der Waals surface area contributed by atoms with Crippen molar-refractivity contribution >= 4 is 5.91 Å². The van der Waals surface area contributed by atoms with Crippen molar-refractivity contribution in [2.24, 2.45) is 5.92 Å². The highest BCUT2D eigenvalue weighted by molar-refractivity contribution is 5.95. The van der Waals surface area contributed by atoms with E-state index in [1.807, 2.05) is 4.90 Å². The lowest BCUT2D eigenvalue weighted by Crippen LogP contribution is -2.49. The highest BCUT2D eigenvalue weighted by atomic mass is 16.3. The standard InChI is InChI=1S/C16H21NO3/c18-13-8-12(9-14(19)10-13)16(20)17-7-3-5-11-4-1-2-6-15(11)17/h8-11,15,18-19H,1-7H2. The number of carbonyl (C=O) groups excluding carboxylic acids is 1. The Hall–Kier alpha value is -1.71. The molecule has 1 aliphatic heterocycles. The summed E-state index contributed by atoms with van der Waals surface area (Å²) in [5, 5.41) is 19.1. The zero-order valence-corrected chi connectivity index (χ0v) is 11.6. The molecule has 0 aromatic heterocycles.